The maximum Gasteiger partial charge on any atom is 0.122 e. The third-order valence-electron chi connectivity index (χ3n) is 11.0. The van der Waals surface area contributed by atoms with Crippen molar-refractivity contribution in [3.8, 4) is 45.5 Å². The fourth-order valence-electron chi connectivity index (χ4n) is 7.75. The molecule has 0 saturated carbocycles. The number of nitriles is 1. The zero-order valence-electron chi connectivity index (χ0n) is 41.6. The second-order valence-corrected chi connectivity index (χ2v) is 22.0. The van der Waals surface area contributed by atoms with Crippen molar-refractivity contribution >= 4 is 46.2 Å². The van der Waals surface area contributed by atoms with Gasteiger partial charge in [-0.15, -0.1) is 47.5 Å². The first-order valence-electron chi connectivity index (χ1n) is 23.4. The van der Waals surface area contributed by atoms with Crippen LogP contribution in [0.4, 0.5) is 4.39 Å². The van der Waals surface area contributed by atoms with Gasteiger partial charge >= 0.3 is 0 Å². The van der Waals surface area contributed by atoms with Crippen molar-refractivity contribution in [2.45, 2.75) is 72.9 Å². The number of fused-ring (bicyclic) bond motifs is 4. The minimum atomic E-state index is -2.49. The molecule has 6 aromatic carbocycles. The Bertz CT molecular complexity index is 3300. The number of aryl methyl sites for hydroxylation is 2. The molecule has 0 aliphatic carbocycles. The molecule has 0 fully saturated rings. The van der Waals surface area contributed by atoms with Crippen LogP contribution < -0.4 is 5.19 Å². The van der Waals surface area contributed by atoms with Crippen molar-refractivity contribution < 1.29 is 37.1 Å². The van der Waals surface area contributed by atoms with Crippen molar-refractivity contribution in [1.82, 2.24) is 14.5 Å². The van der Waals surface area contributed by atoms with E-state index in [0.717, 1.165) is 39.2 Å². The molecule has 62 heavy (non-hydrogen) atoms. The molecule has 1 radical (unpaired) electrons. The average molecular weight is 1020 g/mol. The summed E-state index contributed by atoms with van der Waals surface area (Å²) in [5.41, 5.74) is 9.04. The summed E-state index contributed by atoms with van der Waals surface area (Å²) in [6.45, 7) is 10.4. The molecule has 3 aromatic heterocycles. The number of benzene rings is 6. The van der Waals surface area contributed by atoms with Gasteiger partial charge in [0.15, 0.2) is 0 Å². The van der Waals surface area contributed by atoms with Crippen LogP contribution in [0.5, 0.6) is 0 Å². The number of furan rings is 1. The molecule has 0 atom stereocenters. The Kier molecular flexibility index (Phi) is 10.5. The smallest absolute Gasteiger partial charge is 0.122 e. The molecule has 0 aliphatic heterocycles. The van der Waals surface area contributed by atoms with Gasteiger partial charge in [0.1, 0.15) is 5.58 Å². The number of pyridine rings is 1. The van der Waals surface area contributed by atoms with Crippen LogP contribution in [0.2, 0.25) is 19.6 Å². The summed E-state index contributed by atoms with van der Waals surface area (Å²) in [7, 11) is -1.30. The van der Waals surface area contributed by atoms with E-state index in [2.05, 4.69) is 101 Å². The molecule has 0 aliphatic rings. The van der Waals surface area contributed by atoms with E-state index >= 15 is 0 Å². The molecular formula is C54H49FIrN4OSi-2. The van der Waals surface area contributed by atoms with Crippen molar-refractivity contribution in [2.75, 3.05) is 0 Å². The van der Waals surface area contributed by atoms with E-state index in [0.29, 0.717) is 44.3 Å². The molecule has 9 rings (SSSR count). The number of nitrogens with zero attached hydrogens (tertiary/aromatic N) is 4. The normalized spacial score (nSPS) is 13.4. The summed E-state index contributed by atoms with van der Waals surface area (Å²) in [6.07, 6.45) is 1.93. The van der Waals surface area contributed by atoms with E-state index in [1.165, 1.54) is 23.4 Å². The van der Waals surface area contributed by atoms with Gasteiger partial charge in [-0.05, 0) is 87.7 Å². The summed E-state index contributed by atoms with van der Waals surface area (Å²) >= 11 is 0. The van der Waals surface area contributed by atoms with E-state index in [4.69, 9.17) is 17.6 Å². The number of aromatic nitrogens is 3. The topological polar surface area (TPSA) is 67.6 Å². The van der Waals surface area contributed by atoms with E-state index in [1.54, 1.807) is 42.5 Å². The molecule has 0 saturated heterocycles. The summed E-state index contributed by atoms with van der Waals surface area (Å²) in [5.74, 6) is 0.143. The first-order chi connectivity index (χ1) is 31.6. The number of hydrogen-bond acceptors (Lipinski definition) is 4. The Labute approximate surface area is 387 Å². The standard InChI is InChI=1S/C40H34N3O.C14H15FNSi.Ir/c1-23(2)32-20-29(28-12-8-7-9-13-28)21-33(24(3)4)38(32)43-37-26(6)11-10-14-34(37)42-40(43)31-17-15-25(5)36-30-18-16-27(22-41)19-35(30)44-39(31)36;1-17(2,3)13-8-9-14(16-10-13)11-4-6-12(15)7-5-11;/h7-16,18-21,23-24H,1-6H3;4,6-10H,1-3H3;/q2*-1;/i5D3,6D3;;. The van der Waals surface area contributed by atoms with Gasteiger partial charge in [-0.25, -0.2) is 0 Å². The largest absolute Gasteiger partial charge is 0.500 e. The third kappa shape index (κ3) is 8.46. The molecule has 0 N–H and O–H groups in total. The number of rotatable bonds is 7. The van der Waals surface area contributed by atoms with Gasteiger partial charge in [-0.2, -0.15) is 5.26 Å². The molecule has 0 amide bonds. The van der Waals surface area contributed by atoms with Crippen LogP contribution in [-0.2, 0) is 20.1 Å². The summed E-state index contributed by atoms with van der Waals surface area (Å²) in [5, 5.41) is 11.9. The molecule has 5 nitrogen and oxygen atoms in total. The number of hydrogen-bond donors (Lipinski definition) is 0. The van der Waals surface area contributed by atoms with Crippen LogP contribution in [0.3, 0.4) is 0 Å². The Balaban J connectivity index is 0.000000320. The fourth-order valence-corrected chi connectivity index (χ4v) is 8.78. The van der Waals surface area contributed by atoms with Gasteiger partial charge in [0.25, 0.3) is 0 Å². The van der Waals surface area contributed by atoms with E-state index in [9.17, 15) is 9.65 Å². The summed E-state index contributed by atoms with van der Waals surface area (Å²) in [4.78, 5) is 9.52. The molecule has 8 heteroatoms. The van der Waals surface area contributed by atoms with Crippen LogP contribution in [-0.4, -0.2) is 22.6 Å². The van der Waals surface area contributed by atoms with Crippen molar-refractivity contribution in [2.24, 2.45) is 0 Å². The number of para-hydroxylation sites is 1. The van der Waals surface area contributed by atoms with Gasteiger partial charge in [0.05, 0.1) is 42.1 Å². The Morgan fingerprint density at radius 2 is 1.55 bits per heavy atom. The fraction of sp³-hybridized carbons (Fsp3) is 0.204. The van der Waals surface area contributed by atoms with E-state index in [-0.39, 0.29) is 54.5 Å². The first kappa shape index (κ1) is 36.7. The Hall–Kier alpha value is -5.97. The van der Waals surface area contributed by atoms with Gasteiger partial charge in [0, 0.05) is 51.4 Å². The third-order valence-corrected chi connectivity index (χ3v) is 13.0. The molecular weight excluding hydrogens is 960 g/mol. The Morgan fingerprint density at radius 3 is 2.16 bits per heavy atom. The van der Waals surface area contributed by atoms with E-state index < -0.39 is 21.8 Å². The van der Waals surface area contributed by atoms with E-state index in [1.807, 2.05) is 35.0 Å². The van der Waals surface area contributed by atoms with Gasteiger partial charge < -0.3 is 14.0 Å². The molecule has 0 unspecified atom stereocenters. The van der Waals surface area contributed by atoms with Crippen LogP contribution in [0.25, 0.3) is 72.4 Å². The van der Waals surface area contributed by atoms with Crippen molar-refractivity contribution in [3.05, 3.63) is 167 Å². The summed E-state index contributed by atoms with van der Waals surface area (Å²) < 4.78 is 71.9. The zero-order chi connectivity index (χ0) is 48.2. The number of imidazole rings is 1. The monoisotopic (exact) mass is 1020 g/mol. The van der Waals surface area contributed by atoms with Crippen molar-refractivity contribution in [3.63, 3.8) is 0 Å². The molecule has 0 spiro atoms. The second-order valence-electron chi connectivity index (χ2n) is 16.9. The summed E-state index contributed by atoms with van der Waals surface area (Å²) in [6, 6.07) is 42.7. The zero-order valence-corrected chi connectivity index (χ0v) is 39.0. The van der Waals surface area contributed by atoms with Crippen LogP contribution >= 0.6 is 0 Å². The predicted octanol–water partition coefficient (Wildman–Crippen LogP) is 14.0. The minimum absolute atomic E-state index is 0. The second kappa shape index (κ2) is 17.8. The molecule has 9 aromatic rings. The van der Waals surface area contributed by atoms with Crippen LogP contribution in [0, 0.1) is 43.0 Å². The SMILES string of the molecule is C[Si](C)(C)c1ccc(-c2[c-]cc(F)cc2)nc1.[2H]C([2H])([2H])c1c[c-]c(-c2nc3cccc(C([2H])([2H])[2H])c3n2-c2c(C(C)C)cc(-c3ccccc3)cc2C(C)C)c2oc3cc(C#N)ccc3c12.[Ir]. The van der Waals surface area contributed by atoms with Gasteiger partial charge in [-0.1, -0.05) is 126 Å². The van der Waals surface area contributed by atoms with Gasteiger partial charge in [-0.3, -0.25) is 9.37 Å². The number of halogens is 1. The van der Waals surface area contributed by atoms with Gasteiger partial charge in [0.2, 0.25) is 0 Å². The van der Waals surface area contributed by atoms with Crippen LogP contribution in [0.1, 0.15) is 75.6 Å². The minimum Gasteiger partial charge on any atom is -0.500 e. The quantitative estimate of drug-likeness (QED) is 0.118. The Morgan fingerprint density at radius 1 is 0.806 bits per heavy atom. The molecule has 313 valence electrons. The molecule has 3 heterocycles. The average Bonchev–Trinajstić information content (AvgIpc) is 3.87. The molecule has 0 bridgehead atoms. The maximum atomic E-state index is 12.8. The predicted molar refractivity (Wildman–Crippen MR) is 252 cm³/mol. The van der Waals surface area contributed by atoms with Crippen molar-refractivity contribution in [1.29, 1.82) is 5.26 Å². The van der Waals surface area contributed by atoms with Crippen LogP contribution in [0.15, 0.2) is 126 Å². The first-order valence-corrected chi connectivity index (χ1v) is 23.9. The maximum absolute atomic E-state index is 12.8.